The monoisotopic (exact) mass is 366 g/mol. The van der Waals surface area contributed by atoms with Crippen molar-refractivity contribution >= 4 is 28.3 Å². The summed E-state index contributed by atoms with van der Waals surface area (Å²) < 4.78 is 0. The van der Waals surface area contributed by atoms with Crippen LogP contribution in [0, 0.1) is 17.2 Å². The number of likely N-dealkylation sites (tertiary alicyclic amines) is 1. The molecule has 1 saturated heterocycles. The zero-order valence-corrected chi connectivity index (χ0v) is 16.1. The van der Waals surface area contributed by atoms with Crippen molar-refractivity contribution < 1.29 is 4.79 Å². The van der Waals surface area contributed by atoms with Crippen LogP contribution in [0.4, 0.5) is 11.6 Å². The summed E-state index contributed by atoms with van der Waals surface area (Å²) in [5, 5.41) is 17.7. The Balaban J connectivity index is 1.77. The van der Waals surface area contributed by atoms with Gasteiger partial charge in [-0.25, -0.2) is 9.97 Å². The maximum absolute atomic E-state index is 11.6. The van der Waals surface area contributed by atoms with Crippen LogP contribution in [-0.2, 0) is 4.79 Å². The topological polar surface area (TPSA) is 93.9 Å². The number of anilines is 2. The molecule has 2 aromatic heterocycles. The summed E-state index contributed by atoms with van der Waals surface area (Å²) in [5.74, 6) is 2.05. The lowest BCUT2D eigenvalue weighted by molar-refractivity contribution is -0.130. The number of amides is 1. The van der Waals surface area contributed by atoms with Crippen LogP contribution in [0.25, 0.3) is 10.8 Å². The number of rotatable bonds is 5. The Hall–Kier alpha value is -2.88. The molecule has 0 spiro atoms. The largest absolute Gasteiger partial charge is 0.370 e. The normalized spacial score (nSPS) is 17.0. The number of carbonyl (C=O) groups excluding carboxylic acids is 1. The minimum Gasteiger partial charge on any atom is -0.370 e. The van der Waals surface area contributed by atoms with E-state index in [4.69, 9.17) is 0 Å². The van der Waals surface area contributed by atoms with Gasteiger partial charge in [-0.2, -0.15) is 5.26 Å². The van der Waals surface area contributed by atoms with Crippen molar-refractivity contribution in [3.63, 3.8) is 0 Å². The predicted molar refractivity (Wildman–Crippen MR) is 106 cm³/mol. The fourth-order valence-electron chi connectivity index (χ4n) is 3.45. The minimum absolute atomic E-state index is 0.146. The third kappa shape index (κ3) is 4.64. The molecule has 1 unspecified atom stereocenters. The first-order chi connectivity index (χ1) is 13.0. The van der Waals surface area contributed by atoms with Crippen LogP contribution < -0.4 is 10.6 Å². The van der Waals surface area contributed by atoms with E-state index in [0.717, 1.165) is 49.1 Å². The van der Waals surface area contributed by atoms with Gasteiger partial charge in [0, 0.05) is 49.6 Å². The van der Waals surface area contributed by atoms with Gasteiger partial charge in [0.25, 0.3) is 0 Å². The van der Waals surface area contributed by atoms with Gasteiger partial charge in [0.1, 0.15) is 23.4 Å². The molecular weight excluding hydrogens is 340 g/mol. The molecule has 3 rings (SSSR count). The SMILES string of the molecule is CC(=O)N1CCCC(CNc2cc3c(NC(C)C)nc(C#N)cc3cn2)C1. The van der Waals surface area contributed by atoms with Gasteiger partial charge in [0.2, 0.25) is 5.91 Å². The van der Waals surface area contributed by atoms with Gasteiger partial charge >= 0.3 is 0 Å². The molecule has 0 aliphatic carbocycles. The Morgan fingerprint density at radius 1 is 1.44 bits per heavy atom. The summed E-state index contributed by atoms with van der Waals surface area (Å²) in [6.45, 7) is 8.14. The molecule has 0 radical (unpaired) electrons. The molecule has 1 amide bonds. The maximum atomic E-state index is 11.6. The number of hydrogen-bond acceptors (Lipinski definition) is 6. The van der Waals surface area contributed by atoms with E-state index < -0.39 is 0 Å². The first kappa shape index (κ1) is 18.9. The second kappa shape index (κ2) is 8.21. The van der Waals surface area contributed by atoms with E-state index in [2.05, 4.69) is 26.7 Å². The number of fused-ring (bicyclic) bond motifs is 1. The highest BCUT2D eigenvalue weighted by Crippen LogP contribution is 2.25. The highest BCUT2D eigenvalue weighted by atomic mass is 16.2. The van der Waals surface area contributed by atoms with E-state index in [1.165, 1.54) is 0 Å². The second-order valence-corrected chi connectivity index (χ2v) is 7.41. The Morgan fingerprint density at radius 3 is 2.96 bits per heavy atom. The minimum atomic E-state index is 0.146. The quantitative estimate of drug-likeness (QED) is 0.845. The first-order valence-electron chi connectivity index (χ1n) is 9.43. The molecule has 7 nitrogen and oxygen atoms in total. The number of nitriles is 1. The third-order valence-electron chi connectivity index (χ3n) is 4.79. The predicted octanol–water partition coefficient (Wildman–Crippen LogP) is 2.99. The Morgan fingerprint density at radius 2 is 2.26 bits per heavy atom. The van der Waals surface area contributed by atoms with Crippen LogP contribution >= 0.6 is 0 Å². The van der Waals surface area contributed by atoms with Crippen molar-refractivity contribution in [3.8, 4) is 6.07 Å². The molecule has 27 heavy (non-hydrogen) atoms. The van der Waals surface area contributed by atoms with Gasteiger partial charge < -0.3 is 15.5 Å². The Bertz CT molecular complexity index is 873. The fourth-order valence-corrected chi connectivity index (χ4v) is 3.45. The summed E-state index contributed by atoms with van der Waals surface area (Å²) in [6, 6.07) is 6.03. The number of pyridine rings is 2. The van der Waals surface area contributed by atoms with Crippen molar-refractivity contribution in [1.82, 2.24) is 14.9 Å². The fraction of sp³-hybridized carbons (Fsp3) is 0.500. The standard InChI is InChI=1S/C20H26N6O/c1-13(2)24-20-18-8-19(23-11-16(18)7-17(9-21)25-20)22-10-15-5-4-6-26(12-15)14(3)27/h7-8,11,13,15H,4-6,10,12H2,1-3H3,(H,22,23)(H,24,25). The number of aromatic nitrogens is 2. The molecule has 3 heterocycles. The van der Waals surface area contributed by atoms with Crippen molar-refractivity contribution in [2.75, 3.05) is 30.3 Å². The molecular formula is C20H26N6O. The lowest BCUT2D eigenvalue weighted by Crippen LogP contribution is -2.40. The van der Waals surface area contributed by atoms with Crippen molar-refractivity contribution in [2.24, 2.45) is 5.92 Å². The molecule has 142 valence electrons. The van der Waals surface area contributed by atoms with E-state index >= 15 is 0 Å². The van der Waals surface area contributed by atoms with E-state index in [0.29, 0.717) is 17.4 Å². The highest BCUT2D eigenvalue weighted by Gasteiger charge is 2.21. The zero-order valence-electron chi connectivity index (χ0n) is 16.1. The number of carbonyl (C=O) groups is 1. The lowest BCUT2D eigenvalue weighted by Gasteiger charge is -2.32. The zero-order chi connectivity index (χ0) is 19.4. The summed E-state index contributed by atoms with van der Waals surface area (Å²) in [4.78, 5) is 22.4. The summed E-state index contributed by atoms with van der Waals surface area (Å²) in [6.07, 6.45) is 3.92. The van der Waals surface area contributed by atoms with Crippen molar-refractivity contribution in [1.29, 1.82) is 5.26 Å². The first-order valence-corrected chi connectivity index (χ1v) is 9.43. The van der Waals surface area contributed by atoms with Gasteiger partial charge in [-0.15, -0.1) is 0 Å². The summed E-state index contributed by atoms with van der Waals surface area (Å²) >= 11 is 0. The Labute approximate surface area is 159 Å². The van der Waals surface area contributed by atoms with E-state index in [9.17, 15) is 10.1 Å². The molecule has 2 aromatic rings. The molecule has 1 aliphatic heterocycles. The van der Waals surface area contributed by atoms with Crippen LogP contribution in [0.15, 0.2) is 18.3 Å². The molecule has 1 aliphatic rings. The Kier molecular flexibility index (Phi) is 5.75. The third-order valence-corrected chi connectivity index (χ3v) is 4.79. The van der Waals surface area contributed by atoms with Gasteiger partial charge in [-0.1, -0.05) is 0 Å². The number of nitrogens with one attached hydrogen (secondary N) is 2. The van der Waals surface area contributed by atoms with Crippen LogP contribution in [0.3, 0.4) is 0 Å². The molecule has 1 atom stereocenters. The number of piperidine rings is 1. The van der Waals surface area contributed by atoms with E-state index in [1.807, 2.05) is 24.8 Å². The van der Waals surface area contributed by atoms with Crippen LogP contribution in [0.1, 0.15) is 39.3 Å². The van der Waals surface area contributed by atoms with Gasteiger partial charge in [-0.05, 0) is 44.7 Å². The summed E-state index contributed by atoms with van der Waals surface area (Å²) in [7, 11) is 0. The molecule has 1 fully saturated rings. The average Bonchev–Trinajstić information content (AvgIpc) is 2.66. The molecule has 2 N–H and O–H groups in total. The van der Waals surface area contributed by atoms with Crippen LogP contribution in [0.5, 0.6) is 0 Å². The highest BCUT2D eigenvalue weighted by molar-refractivity contribution is 5.93. The molecule has 0 saturated carbocycles. The lowest BCUT2D eigenvalue weighted by atomic mass is 9.98. The average molecular weight is 366 g/mol. The molecule has 0 aromatic carbocycles. The van der Waals surface area contributed by atoms with E-state index in [1.54, 1.807) is 19.2 Å². The van der Waals surface area contributed by atoms with Gasteiger partial charge in [-0.3, -0.25) is 4.79 Å². The van der Waals surface area contributed by atoms with Crippen LogP contribution in [0.2, 0.25) is 0 Å². The van der Waals surface area contributed by atoms with Crippen LogP contribution in [-0.4, -0.2) is 46.5 Å². The summed E-state index contributed by atoms with van der Waals surface area (Å²) in [5.41, 5.74) is 0.375. The maximum Gasteiger partial charge on any atom is 0.219 e. The number of hydrogen-bond donors (Lipinski definition) is 2. The van der Waals surface area contributed by atoms with E-state index in [-0.39, 0.29) is 11.9 Å². The van der Waals surface area contributed by atoms with Gasteiger partial charge in [0.15, 0.2) is 0 Å². The van der Waals surface area contributed by atoms with Gasteiger partial charge in [0.05, 0.1) is 0 Å². The molecule has 0 bridgehead atoms. The number of nitrogens with zero attached hydrogens (tertiary/aromatic N) is 4. The van der Waals surface area contributed by atoms with Crippen molar-refractivity contribution in [2.45, 2.75) is 39.7 Å². The smallest absolute Gasteiger partial charge is 0.219 e. The second-order valence-electron chi connectivity index (χ2n) is 7.41. The van der Waals surface area contributed by atoms with Crippen molar-refractivity contribution in [3.05, 3.63) is 24.0 Å². The molecule has 7 heteroatoms.